The first-order chi connectivity index (χ1) is 13.3. The van der Waals surface area contributed by atoms with Crippen LogP contribution in [0, 0.1) is 11.3 Å². The average molecular weight is 363 g/mol. The molecule has 27 heavy (non-hydrogen) atoms. The number of benzene rings is 2. The van der Waals surface area contributed by atoms with Crippen molar-refractivity contribution in [3.05, 3.63) is 84.7 Å². The molecule has 3 aromatic heterocycles. The van der Waals surface area contributed by atoms with Crippen molar-refractivity contribution in [3.63, 3.8) is 0 Å². The van der Waals surface area contributed by atoms with Gasteiger partial charge in [0.05, 0.1) is 17.0 Å². The summed E-state index contributed by atoms with van der Waals surface area (Å²) in [6.07, 6.45) is 3.30. The highest BCUT2D eigenvalue weighted by molar-refractivity contribution is 7.25. The molecule has 0 aliphatic rings. The van der Waals surface area contributed by atoms with Crippen molar-refractivity contribution >= 4 is 31.5 Å². The van der Waals surface area contributed by atoms with Gasteiger partial charge in [-0.15, -0.1) is 11.3 Å². The lowest BCUT2D eigenvalue weighted by Crippen LogP contribution is -1.89. The lowest BCUT2D eigenvalue weighted by Gasteiger charge is -2.06. The minimum Gasteiger partial charge on any atom is -0.263 e. The topological polar surface area (TPSA) is 49.6 Å². The van der Waals surface area contributed by atoms with E-state index in [1.807, 2.05) is 35.6 Å². The van der Waals surface area contributed by atoms with Crippen LogP contribution in [0.5, 0.6) is 0 Å². The molecule has 0 bridgehead atoms. The SMILES string of the molecule is N#Cc1cncc(-c2cccc(-c3ccc4sc5ccccc5c4c3)n2)c1. The molecule has 0 unspecified atom stereocenters. The molecule has 3 heterocycles. The summed E-state index contributed by atoms with van der Waals surface area (Å²) < 4.78 is 2.58. The van der Waals surface area contributed by atoms with E-state index in [9.17, 15) is 0 Å². The van der Waals surface area contributed by atoms with E-state index < -0.39 is 0 Å². The Labute approximate surface area is 160 Å². The molecule has 4 heteroatoms. The second-order valence-corrected chi connectivity index (χ2v) is 7.38. The fourth-order valence-corrected chi connectivity index (χ4v) is 4.37. The molecule has 0 fully saturated rings. The minimum atomic E-state index is 0.533. The van der Waals surface area contributed by atoms with Gasteiger partial charge in [0.1, 0.15) is 6.07 Å². The molecule has 0 aliphatic heterocycles. The van der Waals surface area contributed by atoms with E-state index in [0.29, 0.717) is 5.56 Å². The highest BCUT2D eigenvalue weighted by Crippen LogP contribution is 2.36. The molecular formula is C23H13N3S. The molecule has 0 N–H and O–H groups in total. The van der Waals surface area contributed by atoms with E-state index in [-0.39, 0.29) is 0 Å². The number of nitrogens with zero attached hydrogens (tertiary/aromatic N) is 3. The summed E-state index contributed by atoms with van der Waals surface area (Å²) in [6.45, 7) is 0. The van der Waals surface area contributed by atoms with Crippen LogP contribution in [0.3, 0.4) is 0 Å². The van der Waals surface area contributed by atoms with Crippen molar-refractivity contribution in [2.75, 3.05) is 0 Å². The van der Waals surface area contributed by atoms with Crippen LogP contribution >= 0.6 is 11.3 Å². The van der Waals surface area contributed by atoms with Gasteiger partial charge in [-0.05, 0) is 36.4 Å². The number of pyridine rings is 2. The quantitative estimate of drug-likeness (QED) is 0.383. The smallest absolute Gasteiger partial charge is 0.101 e. The van der Waals surface area contributed by atoms with Gasteiger partial charge in [-0.25, -0.2) is 4.98 Å². The number of hydrogen-bond acceptors (Lipinski definition) is 4. The van der Waals surface area contributed by atoms with Gasteiger partial charge in [-0.3, -0.25) is 4.98 Å². The zero-order chi connectivity index (χ0) is 18.2. The zero-order valence-electron chi connectivity index (χ0n) is 14.3. The predicted molar refractivity (Wildman–Crippen MR) is 111 cm³/mol. The average Bonchev–Trinajstić information content (AvgIpc) is 3.12. The summed E-state index contributed by atoms with van der Waals surface area (Å²) in [7, 11) is 0. The van der Waals surface area contributed by atoms with Crippen LogP contribution < -0.4 is 0 Å². The van der Waals surface area contributed by atoms with Crippen LogP contribution in [0.25, 0.3) is 42.7 Å². The summed E-state index contributed by atoms with van der Waals surface area (Å²) in [5.41, 5.74) is 4.18. The molecule has 0 spiro atoms. The number of thiophene rings is 1. The van der Waals surface area contributed by atoms with Gasteiger partial charge in [0.2, 0.25) is 0 Å². The molecule has 0 saturated heterocycles. The first kappa shape index (κ1) is 15.7. The largest absolute Gasteiger partial charge is 0.263 e. The summed E-state index contributed by atoms with van der Waals surface area (Å²) in [4.78, 5) is 8.96. The molecular weight excluding hydrogens is 350 g/mol. The van der Waals surface area contributed by atoms with Gasteiger partial charge >= 0.3 is 0 Å². The van der Waals surface area contributed by atoms with E-state index in [2.05, 4.69) is 53.5 Å². The number of hydrogen-bond donors (Lipinski definition) is 0. The molecule has 126 valence electrons. The van der Waals surface area contributed by atoms with Gasteiger partial charge < -0.3 is 0 Å². The Morgan fingerprint density at radius 1 is 0.741 bits per heavy atom. The first-order valence-corrected chi connectivity index (χ1v) is 9.38. The molecule has 2 aromatic carbocycles. The Hall–Kier alpha value is -3.55. The van der Waals surface area contributed by atoms with E-state index >= 15 is 0 Å². The van der Waals surface area contributed by atoms with Crippen LogP contribution in [-0.4, -0.2) is 9.97 Å². The van der Waals surface area contributed by atoms with Crippen LogP contribution in [0.4, 0.5) is 0 Å². The van der Waals surface area contributed by atoms with Crippen LogP contribution in [0.2, 0.25) is 0 Å². The normalized spacial score (nSPS) is 10.9. The first-order valence-electron chi connectivity index (χ1n) is 8.56. The fourth-order valence-electron chi connectivity index (χ4n) is 3.28. The lowest BCUT2D eigenvalue weighted by molar-refractivity contribution is 1.26. The van der Waals surface area contributed by atoms with Crippen LogP contribution in [-0.2, 0) is 0 Å². The van der Waals surface area contributed by atoms with Gasteiger partial charge in [-0.1, -0.05) is 30.3 Å². The van der Waals surface area contributed by atoms with Gasteiger partial charge in [0.15, 0.2) is 0 Å². The molecule has 0 atom stereocenters. The van der Waals surface area contributed by atoms with Crippen LogP contribution in [0.1, 0.15) is 5.56 Å². The van der Waals surface area contributed by atoms with Crippen molar-refractivity contribution < 1.29 is 0 Å². The number of fused-ring (bicyclic) bond motifs is 3. The monoisotopic (exact) mass is 363 g/mol. The fraction of sp³-hybridized carbons (Fsp3) is 0. The lowest BCUT2D eigenvalue weighted by atomic mass is 10.1. The van der Waals surface area contributed by atoms with Crippen molar-refractivity contribution in [1.29, 1.82) is 5.26 Å². The molecule has 3 nitrogen and oxygen atoms in total. The van der Waals surface area contributed by atoms with Gasteiger partial charge in [0, 0.05) is 43.7 Å². The Morgan fingerprint density at radius 3 is 2.44 bits per heavy atom. The summed E-state index contributed by atoms with van der Waals surface area (Å²) in [5, 5.41) is 11.6. The molecule has 0 aliphatic carbocycles. The molecule has 5 rings (SSSR count). The van der Waals surface area contributed by atoms with Gasteiger partial charge in [-0.2, -0.15) is 5.26 Å². The van der Waals surface area contributed by atoms with Crippen molar-refractivity contribution in [2.45, 2.75) is 0 Å². The molecule has 0 amide bonds. The van der Waals surface area contributed by atoms with Crippen molar-refractivity contribution in [2.24, 2.45) is 0 Å². The number of rotatable bonds is 2. The van der Waals surface area contributed by atoms with Crippen LogP contribution in [0.15, 0.2) is 79.1 Å². The number of aromatic nitrogens is 2. The maximum absolute atomic E-state index is 9.10. The van der Waals surface area contributed by atoms with E-state index in [1.54, 1.807) is 12.4 Å². The Kier molecular flexibility index (Phi) is 3.67. The van der Waals surface area contributed by atoms with Crippen molar-refractivity contribution in [1.82, 2.24) is 9.97 Å². The summed E-state index contributed by atoms with van der Waals surface area (Å²) in [6, 6.07) is 24.9. The van der Waals surface area contributed by atoms with Crippen molar-refractivity contribution in [3.8, 4) is 28.6 Å². The Bertz CT molecular complexity index is 1340. The van der Waals surface area contributed by atoms with Gasteiger partial charge in [0.25, 0.3) is 0 Å². The number of nitriles is 1. The highest BCUT2D eigenvalue weighted by atomic mass is 32.1. The summed E-state index contributed by atoms with van der Waals surface area (Å²) >= 11 is 1.81. The maximum atomic E-state index is 9.10. The minimum absolute atomic E-state index is 0.533. The standard InChI is InChI=1S/C23H13N3S/c24-12-15-10-17(14-25-13-15)21-6-3-5-20(26-21)16-8-9-23-19(11-16)18-4-1-2-7-22(18)27-23/h1-11,13-14H. The predicted octanol–water partition coefficient (Wildman–Crippen LogP) is 6.05. The highest BCUT2D eigenvalue weighted by Gasteiger charge is 2.09. The third kappa shape index (κ3) is 2.75. The molecule has 0 saturated carbocycles. The third-order valence-corrected chi connectivity index (χ3v) is 5.74. The Morgan fingerprint density at radius 2 is 1.56 bits per heavy atom. The second kappa shape index (κ2) is 6.31. The molecule has 5 aromatic rings. The maximum Gasteiger partial charge on any atom is 0.101 e. The van der Waals surface area contributed by atoms with E-state index in [1.165, 1.54) is 20.2 Å². The zero-order valence-corrected chi connectivity index (χ0v) is 15.1. The Balaban J connectivity index is 1.64. The van der Waals surface area contributed by atoms with E-state index in [4.69, 9.17) is 10.2 Å². The second-order valence-electron chi connectivity index (χ2n) is 6.29. The summed E-state index contributed by atoms with van der Waals surface area (Å²) in [5.74, 6) is 0. The molecule has 0 radical (unpaired) electrons. The van der Waals surface area contributed by atoms with E-state index in [0.717, 1.165) is 22.5 Å². The third-order valence-electron chi connectivity index (χ3n) is 4.58.